The molecule has 0 unspecified atom stereocenters. The number of nitrogens with two attached hydrogens (primary N) is 1. The van der Waals surface area contributed by atoms with Crippen LogP contribution < -0.4 is 16.0 Å². The monoisotopic (exact) mass is 515 g/mol. The van der Waals surface area contributed by atoms with E-state index in [9.17, 15) is 14.4 Å². The zero-order valence-electron chi connectivity index (χ0n) is 22.2. The second-order valence-electron chi connectivity index (χ2n) is 11.0. The van der Waals surface area contributed by atoms with Gasteiger partial charge in [-0.2, -0.15) is 5.10 Å². The molecule has 1 saturated carbocycles. The lowest BCUT2D eigenvalue weighted by molar-refractivity contribution is 0.0577. The second kappa shape index (κ2) is 9.63. The Morgan fingerprint density at radius 1 is 1.05 bits per heavy atom. The Kier molecular flexibility index (Phi) is 6.46. The number of carbonyl (C=O) groups is 3. The van der Waals surface area contributed by atoms with Crippen LogP contribution in [-0.4, -0.2) is 45.8 Å². The van der Waals surface area contributed by atoms with Crippen molar-refractivity contribution in [3.05, 3.63) is 70.4 Å². The van der Waals surface area contributed by atoms with Gasteiger partial charge in [0.05, 0.1) is 23.1 Å². The number of ether oxygens (including phenoxy) is 1. The van der Waals surface area contributed by atoms with Crippen LogP contribution >= 0.6 is 0 Å². The molecule has 2 aromatic carbocycles. The van der Waals surface area contributed by atoms with Gasteiger partial charge in [0, 0.05) is 23.7 Å². The number of anilines is 2. The highest BCUT2D eigenvalue weighted by Crippen LogP contribution is 2.31. The quantitative estimate of drug-likeness (QED) is 0.480. The average Bonchev–Trinajstić information content (AvgIpc) is 3.61. The fourth-order valence-corrected chi connectivity index (χ4v) is 4.58. The van der Waals surface area contributed by atoms with Crippen LogP contribution in [0.3, 0.4) is 0 Å². The summed E-state index contributed by atoms with van der Waals surface area (Å²) in [5, 5.41) is 7.38. The highest BCUT2D eigenvalue weighted by molar-refractivity contribution is 6.12. The van der Waals surface area contributed by atoms with E-state index < -0.39 is 11.7 Å². The first-order chi connectivity index (χ1) is 18.0. The number of hydrogen-bond donors (Lipinski definition) is 2. The summed E-state index contributed by atoms with van der Waals surface area (Å²) in [6, 6.07) is 11.0. The van der Waals surface area contributed by atoms with Crippen molar-refractivity contribution in [1.82, 2.24) is 15.1 Å². The first-order valence-corrected chi connectivity index (χ1v) is 13.0. The predicted octanol–water partition coefficient (Wildman–Crippen LogP) is 4.57. The van der Waals surface area contributed by atoms with Gasteiger partial charge in [-0.1, -0.05) is 18.2 Å². The van der Waals surface area contributed by atoms with Crippen molar-refractivity contribution in [3.63, 3.8) is 0 Å². The Morgan fingerprint density at radius 2 is 1.76 bits per heavy atom. The van der Waals surface area contributed by atoms with Crippen LogP contribution in [0.5, 0.6) is 0 Å². The van der Waals surface area contributed by atoms with Crippen molar-refractivity contribution in [2.45, 2.75) is 65.0 Å². The molecule has 2 amide bonds. The smallest absolute Gasteiger partial charge is 0.414 e. The number of ketones is 1. The lowest BCUT2D eigenvalue weighted by Gasteiger charge is -2.32. The molecule has 3 aromatic rings. The summed E-state index contributed by atoms with van der Waals surface area (Å²) >= 11 is 0. The molecular weight excluding hydrogens is 482 g/mol. The Hall–Kier alpha value is -4.14. The molecule has 0 saturated heterocycles. The summed E-state index contributed by atoms with van der Waals surface area (Å²) < 4.78 is 7.08. The van der Waals surface area contributed by atoms with Crippen molar-refractivity contribution < 1.29 is 19.1 Å². The minimum Gasteiger partial charge on any atom is -0.443 e. The summed E-state index contributed by atoms with van der Waals surface area (Å²) in [4.78, 5) is 40.6. The molecule has 5 rings (SSSR count). The molecule has 2 heterocycles. The number of nitrogens with zero attached hydrogens (tertiary/aromatic N) is 3. The van der Waals surface area contributed by atoms with Gasteiger partial charge >= 0.3 is 6.09 Å². The molecule has 1 aliphatic carbocycles. The first kappa shape index (κ1) is 25.5. The number of rotatable bonds is 5. The zero-order chi connectivity index (χ0) is 27.2. The van der Waals surface area contributed by atoms with Gasteiger partial charge < -0.3 is 15.8 Å². The molecule has 3 N–H and O–H groups in total. The van der Waals surface area contributed by atoms with Gasteiger partial charge in [-0.25, -0.2) is 9.48 Å². The molecule has 0 atom stereocenters. The van der Waals surface area contributed by atoms with Gasteiger partial charge in [-0.05, 0) is 82.7 Å². The van der Waals surface area contributed by atoms with E-state index in [4.69, 9.17) is 10.5 Å². The standard InChI is InChI=1S/C29H33N5O4/c1-17-7-8-20(27(36)32-21-11-12-21)15-23(17)34-26(30)22(16-31-34)25(35)19-10-9-18-6-5-13-33(24(18)14-19)28(37)38-29(2,3)4/h7-10,14-16,21H,5-6,11-13,30H2,1-4H3,(H,32,36). The number of nitrogens with one attached hydrogen (secondary N) is 1. The zero-order valence-corrected chi connectivity index (χ0v) is 22.2. The molecule has 2 aliphatic rings. The number of amides is 2. The van der Waals surface area contributed by atoms with Crippen molar-refractivity contribution in [3.8, 4) is 5.69 Å². The van der Waals surface area contributed by atoms with Gasteiger partial charge in [-0.15, -0.1) is 0 Å². The number of aromatic nitrogens is 2. The largest absolute Gasteiger partial charge is 0.443 e. The fraction of sp³-hybridized carbons (Fsp3) is 0.379. The summed E-state index contributed by atoms with van der Waals surface area (Å²) in [6.07, 6.45) is 4.64. The molecular formula is C29H33N5O4. The van der Waals surface area contributed by atoms with E-state index in [2.05, 4.69) is 10.4 Å². The number of fused-ring (bicyclic) bond motifs is 1. The summed E-state index contributed by atoms with van der Waals surface area (Å²) in [5.74, 6) is -0.259. The number of aryl methyl sites for hydroxylation is 2. The topological polar surface area (TPSA) is 120 Å². The lowest BCUT2D eigenvalue weighted by atomic mass is 9.97. The average molecular weight is 516 g/mol. The Morgan fingerprint density at radius 3 is 2.47 bits per heavy atom. The van der Waals surface area contributed by atoms with E-state index >= 15 is 0 Å². The van der Waals surface area contributed by atoms with Crippen molar-refractivity contribution in [2.24, 2.45) is 0 Å². The molecule has 1 aromatic heterocycles. The van der Waals surface area contributed by atoms with Crippen LogP contribution in [0, 0.1) is 6.92 Å². The fourth-order valence-electron chi connectivity index (χ4n) is 4.58. The van der Waals surface area contributed by atoms with E-state index in [0.29, 0.717) is 29.0 Å². The van der Waals surface area contributed by atoms with E-state index in [1.807, 2.05) is 39.8 Å². The highest BCUT2D eigenvalue weighted by Gasteiger charge is 2.29. The van der Waals surface area contributed by atoms with Crippen LogP contribution in [0.2, 0.25) is 0 Å². The van der Waals surface area contributed by atoms with E-state index in [1.165, 1.54) is 10.9 Å². The van der Waals surface area contributed by atoms with Crippen molar-refractivity contribution in [1.29, 1.82) is 0 Å². The van der Waals surface area contributed by atoms with Gasteiger partial charge in [0.2, 0.25) is 0 Å². The molecule has 0 spiro atoms. The molecule has 1 aliphatic heterocycles. The maximum atomic E-state index is 13.6. The molecule has 198 valence electrons. The number of hydrogen-bond acceptors (Lipinski definition) is 6. The minimum atomic E-state index is -0.626. The minimum absolute atomic E-state index is 0.139. The third kappa shape index (κ3) is 5.14. The third-order valence-corrected chi connectivity index (χ3v) is 6.74. The number of carbonyl (C=O) groups excluding carboxylic acids is 3. The van der Waals surface area contributed by atoms with Gasteiger partial charge in [-0.3, -0.25) is 14.5 Å². The molecule has 38 heavy (non-hydrogen) atoms. The Labute approximate surface area is 221 Å². The molecule has 0 radical (unpaired) electrons. The van der Waals surface area contributed by atoms with Crippen molar-refractivity contribution >= 4 is 29.3 Å². The van der Waals surface area contributed by atoms with Crippen molar-refractivity contribution in [2.75, 3.05) is 17.2 Å². The van der Waals surface area contributed by atoms with E-state index in [-0.39, 0.29) is 29.1 Å². The number of nitrogen functional groups attached to an aromatic ring is 1. The predicted molar refractivity (Wildman–Crippen MR) is 145 cm³/mol. The molecule has 1 fully saturated rings. The SMILES string of the molecule is Cc1ccc(C(=O)NC2CC2)cc1-n1ncc(C(=O)c2ccc3c(c2)N(C(=O)OC(C)(C)C)CCC3)c1N. The second-order valence-corrected chi connectivity index (χ2v) is 11.0. The number of benzene rings is 2. The Balaban J connectivity index is 1.44. The Bertz CT molecular complexity index is 1430. The molecule has 9 nitrogen and oxygen atoms in total. The van der Waals surface area contributed by atoms with Gasteiger partial charge in [0.25, 0.3) is 5.91 Å². The summed E-state index contributed by atoms with van der Waals surface area (Å²) in [6.45, 7) is 7.89. The molecule has 0 bridgehead atoms. The first-order valence-electron chi connectivity index (χ1n) is 13.0. The summed E-state index contributed by atoms with van der Waals surface area (Å²) in [5.41, 5.74) is 10.1. The van der Waals surface area contributed by atoms with Crippen LogP contribution in [0.15, 0.2) is 42.6 Å². The van der Waals surface area contributed by atoms with Crippen LogP contribution in [0.4, 0.5) is 16.3 Å². The normalized spacial score (nSPS) is 15.1. The third-order valence-electron chi connectivity index (χ3n) is 6.74. The van der Waals surface area contributed by atoms with Gasteiger partial charge in [0.15, 0.2) is 5.78 Å². The van der Waals surface area contributed by atoms with E-state index in [0.717, 1.165) is 36.8 Å². The molecule has 9 heteroatoms. The van der Waals surface area contributed by atoms with Crippen LogP contribution in [0.1, 0.15) is 77.4 Å². The van der Waals surface area contributed by atoms with E-state index in [1.54, 1.807) is 29.2 Å². The highest BCUT2D eigenvalue weighted by atomic mass is 16.6. The van der Waals surface area contributed by atoms with Gasteiger partial charge in [0.1, 0.15) is 11.4 Å². The summed E-state index contributed by atoms with van der Waals surface area (Å²) in [7, 11) is 0. The van der Waals surface area contributed by atoms with Crippen LogP contribution in [0.25, 0.3) is 5.69 Å². The van der Waals surface area contributed by atoms with Crippen LogP contribution in [-0.2, 0) is 11.2 Å². The maximum absolute atomic E-state index is 13.6. The maximum Gasteiger partial charge on any atom is 0.414 e. The lowest BCUT2D eigenvalue weighted by Crippen LogP contribution is -2.39.